The third kappa shape index (κ3) is 3.30. The van der Waals surface area contributed by atoms with Gasteiger partial charge in [0.05, 0.1) is 19.6 Å². The van der Waals surface area contributed by atoms with E-state index in [2.05, 4.69) is 31.9 Å². The van der Waals surface area contributed by atoms with Crippen LogP contribution in [0.3, 0.4) is 0 Å². The fourth-order valence-corrected chi connectivity index (χ4v) is 3.33. The Hall–Kier alpha value is -0.710. The molecule has 1 atom stereocenters. The van der Waals surface area contributed by atoms with Crippen molar-refractivity contribution in [2.75, 3.05) is 14.2 Å². The molecule has 20 heavy (non-hydrogen) atoms. The maximum atomic E-state index is 6.60. The molecule has 2 aromatic carbocycles. The summed E-state index contributed by atoms with van der Waals surface area (Å²) in [6.07, 6.45) is 0. The fourth-order valence-electron chi connectivity index (χ4n) is 1.90. The van der Waals surface area contributed by atoms with Gasteiger partial charge in [-0.25, -0.2) is 0 Å². The second-order valence-electron chi connectivity index (χ2n) is 4.14. The van der Waals surface area contributed by atoms with E-state index in [1.165, 1.54) is 0 Å². The molecule has 2 rings (SSSR count). The van der Waals surface area contributed by atoms with Crippen molar-refractivity contribution in [1.82, 2.24) is 0 Å². The number of benzene rings is 2. The van der Waals surface area contributed by atoms with Gasteiger partial charge >= 0.3 is 0 Å². The summed E-state index contributed by atoms with van der Waals surface area (Å²) in [5.74, 6) is 1.54. The van der Waals surface area contributed by atoms with Crippen LogP contribution in [-0.2, 0) is 0 Å². The number of hydrogen-bond donors (Lipinski definition) is 0. The van der Waals surface area contributed by atoms with Crippen LogP contribution >= 0.6 is 43.5 Å². The first kappa shape index (κ1) is 15.7. The maximum absolute atomic E-state index is 6.60. The summed E-state index contributed by atoms with van der Waals surface area (Å²) in [5.41, 5.74) is 1.89. The van der Waals surface area contributed by atoms with E-state index in [9.17, 15) is 0 Å². The maximum Gasteiger partial charge on any atom is 0.125 e. The number of rotatable bonds is 4. The molecule has 1 unspecified atom stereocenters. The predicted octanol–water partition coefficient (Wildman–Crippen LogP) is 5.56. The molecular formula is C15H13Br2ClO2. The number of alkyl halides is 1. The largest absolute Gasteiger partial charge is 0.497 e. The highest BCUT2D eigenvalue weighted by Gasteiger charge is 2.18. The van der Waals surface area contributed by atoms with Gasteiger partial charge in [0.25, 0.3) is 0 Å². The van der Waals surface area contributed by atoms with Crippen LogP contribution in [0.1, 0.15) is 16.5 Å². The van der Waals surface area contributed by atoms with Crippen LogP contribution in [0.5, 0.6) is 11.5 Å². The molecule has 0 bridgehead atoms. The van der Waals surface area contributed by atoms with Gasteiger partial charge in [-0.15, -0.1) is 11.6 Å². The van der Waals surface area contributed by atoms with E-state index in [-0.39, 0.29) is 5.38 Å². The average Bonchev–Trinajstić information content (AvgIpc) is 2.46. The van der Waals surface area contributed by atoms with Crippen molar-refractivity contribution >= 4 is 43.5 Å². The molecule has 0 N–H and O–H groups in total. The summed E-state index contributed by atoms with van der Waals surface area (Å²) in [6.45, 7) is 0. The Morgan fingerprint density at radius 3 is 2.25 bits per heavy atom. The number of ether oxygens (including phenoxy) is 2. The highest BCUT2D eigenvalue weighted by molar-refractivity contribution is 9.10. The van der Waals surface area contributed by atoms with Gasteiger partial charge in [0, 0.05) is 14.5 Å². The third-order valence-electron chi connectivity index (χ3n) is 2.95. The number of halogens is 3. The average molecular weight is 421 g/mol. The number of methoxy groups -OCH3 is 2. The third-order valence-corrected chi connectivity index (χ3v) is 4.60. The first-order valence-corrected chi connectivity index (χ1v) is 7.90. The molecule has 0 spiro atoms. The van der Waals surface area contributed by atoms with Crippen LogP contribution in [0, 0.1) is 0 Å². The van der Waals surface area contributed by atoms with E-state index >= 15 is 0 Å². The highest BCUT2D eigenvalue weighted by atomic mass is 79.9. The minimum atomic E-state index is -0.307. The summed E-state index contributed by atoms with van der Waals surface area (Å²) in [7, 11) is 3.27. The van der Waals surface area contributed by atoms with E-state index in [0.29, 0.717) is 0 Å². The lowest BCUT2D eigenvalue weighted by Crippen LogP contribution is -1.99. The zero-order chi connectivity index (χ0) is 14.7. The van der Waals surface area contributed by atoms with Crippen molar-refractivity contribution in [1.29, 1.82) is 0 Å². The van der Waals surface area contributed by atoms with Gasteiger partial charge in [0.2, 0.25) is 0 Å². The van der Waals surface area contributed by atoms with Crippen molar-refractivity contribution in [2.24, 2.45) is 0 Å². The van der Waals surface area contributed by atoms with Gasteiger partial charge in [-0.05, 0) is 29.8 Å². The molecule has 0 aliphatic rings. The van der Waals surface area contributed by atoms with Crippen molar-refractivity contribution in [2.45, 2.75) is 5.38 Å². The van der Waals surface area contributed by atoms with Gasteiger partial charge in [0.1, 0.15) is 11.5 Å². The highest BCUT2D eigenvalue weighted by Crippen LogP contribution is 2.40. The second kappa shape index (κ2) is 6.83. The van der Waals surface area contributed by atoms with Crippen LogP contribution in [0.4, 0.5) is 0 Å². The number of hydrogen-bond acceptors (Lipinski definition) is 2. The van der Waals surface area contributed by atoms with Crippen LogP contribution in [-0.4, -0.2) is 14.2 Å². The summed E-state index contributed by atoms with van der Waals surface area (Å²) < 4.78 is 12.5. The van der Waals surface area contributed by atoms with Crippen molar-refractivity contribution in [3.8, 4) is 11.5 Å². The molecule has 5 heteroatoms. The Kier molecular flexibility index (Phi) is 5.35. The monoisotopic (exact) mass is 418 g/mol. The first-order chi connectivity index (χ1) is 9.56. The molecule has 2 aromatic rings. The molecular weight excluding hydrogens is 407 g/mol. The van der Waals surface area contributed by atoms with Gasteiger partial charge < -0.3 is 9.47 Å². The van der Waals surface area contributed by atoms with Crippen molar-refractivity contribution < 1.29 is 9.47 Å². The lowest BCUT2D eigenvalue weighted by Gasteiger charge is -2.16. The normalized spacial score (nSPS) is 12.1. The molecule has 0 saturated carbocycles. The van der Waals surface area contributed by atoms with E-state index < -0.39 is 0 Å². The molecule has 0 saturated heterocycles. The first-order valence-electron chi connectivity index (χ1n) is 5.87. The van der Waals surface area contributed by atoms with Crippen molar-refractivity contribution in [3.63, 3.8) is 0 Å². The van der Waals surface area contributed by atoms with Crippen LogP contribution < -0.4 is 9.47 Å². The zero-order valence-electron chi connectivity index (χ0n) is 11.0. The Labute approximate surface area is 140 Å². The van der Waals surface area contributed by atoms with Gasteiger partial charge in [-0.2, -0.15) is 0 Å². The summed E-state index contributed by atoms with van der Waals surface area (Å²) in [5, 5.41) is -0.307. The Morgan fingerprint density at radius 1 is 0.950 bits per heavy atom. The zero-order valence-corrected chi connectivity index (χ0v) is 14.9. The topological polar surface area (TPSA) is 18.5 Å². The minimum absolute atomic E-state index is 0.307. The summed E-state index contributed by atoms with van der Waals surface area (Å²) >= 11 is 13.6. The van der Waals surface area contributed by atoms with Crippen LogP contribution in [0.15, 0.2) is 45.3 Å². The quantitative estimate of drug-likeness (QED) is 0.603. The lowest BCUT2D eigenvalue weighted by molar-refractivity contribution is 0.409. The molecule has 0 aromatic heterocycles. The molecule has 2 nitrogen and oxygen atoms in total. The fraction of sp³-hybridized carbons (Fsp3) is 0.200. The standard InChI is InChI=1S/C15H13Br2ClO2/c1-19-10-4-6-11(13(17)8-10)15(18)12-5-3-9(16)7-14(12)20-2/h3-8,15H,1-2H3. The molecule has 0 amide bonds. The predicted molar refractivity (Wildman–Crippen MR) is 89.1 cm³/mol. The lowest BCUT2D eigenvalue weighted by atomic mass is 10.0. The molecule has 0 aliphatic carbocycles. The minimum Gasteiger partial charge on any atom is -0.497 e. The van der Waals surface area contributed by atoms with Gasteiger partial charge in [-0.3, -0.25) is 0 Å². The van der Waals surface area contributed by atoms with Gasteiger partial charge in [0.15, 0.2) is 0 Å². The summed E-state index contributed by atoms with van der Waals surface area (Å²) in [4.78, 5) is 0. The Balaban J connectivity index is 2.43. The molecule has 0 aliphatic heterocycles. The second-order valence-corrected chi connectivity index (χ2v) is 6.34. The molecule has 0 fully saturated rings. The SMILES string of the molecule is COc1ccc(C(Cl)c2ccc(Br)cc2OC)c(Br)c1. The van der Waals surface area contributed by atoms with Crippen LogP contribution in [0.25, 0.3) is 0 Å². The Bertz CT molecular complexity index is 617. The Morgan fingerprint density at radius 2 is 1.65 bits per heavy atom. The van der Waals surface area contributed by atoms with Crippen LogP contribution in [0.2, 0.25) is 0 Å². The van der Waals surface area contributed by atoms with E-state index in [0.717, 1.165) is 31.6 Å². The molecule has 106 valence electrons. The van der Waals surface area contributed by atoms with Crippen molar-refractivity contribution in [3.05, 3.63) is 56.5 Å². The van der Waals surface area contributed by atoms with E-state index in [4.69, 9.17) is 21.1 Å². The summed E-state index contributed by atoms with van der Waals surface area (Å²) in [6, 6.07) is 11.5. The molecule has 0 heterocycles. The smallest absolute Gasteiger partial charge is 0.125 e. The van der Waals surface area contributed by atoms with Gasteiger partial charge in [-0.1, -0.05) is 44.0 Å². The molecule has 0 radical (unpaired) electrons. The van der Waals surface area contributed by atoms with E-state index in [1.807, 2.05) is 36.4 Å². The van der Waals surface area contributed by atoms with E-state index in [1.54, 1.807) is 14.2 Å².